The molecule has 0 heterocycles. The minimum absolute atomic E-state index is 0.185. The number of ether oxygens (including phenoxy) is 1. The van der Waals surface area contributed by atoms with Crippen LogP contribution in [0.5, 0.6) is 5.75 Å². The van der Waals surface area contributed by atoms with Crippen molar-refractivity contribution < 1.29 is 13.2 Å². The van der Waals surface area contributed by atoms with Crippen molar-refractivity contribution in [2.75, 3.05) is 6.61 Å². The summed E-state index contributed by atoms with van der Waals surface area (Å²) in [5.74, 6) is 1.08. The van der Waals surface area contributed by atoms with E-state index in [4.69, 9.17) is 15.4 Å². The maximum atomic E-state index is 11.0. The van der Waals surface area contributed by atoms with Crippen LogP contribution in [0, 0.1) is 5.92 Å². The molecule has 1 aromatic rings. The molecule has 0 saturated heterocycles. The smallest absolute Gasteiger partial charge is 0.236 e. The Morgan fingerprint density at radius 1 is 1.31 bits per heavy atom. The van der Waals surface area contributed by atoms with Crippen molar-refractivity contribution in [3.8, 4) is 5.75 Å². The summed E-state index contributed by atoms with van der Waals surface area (Å²) in [5, 5.41) is 0. The molecule has 16 heavy (non-hydrogen) atoms. The predicted molar refractivity (Wildman–Crippen MR) is 63.1 cm³/mol. The Hall–Kier alpha value is -0.740. The van der Waals surface area contributed by atoms with E-state index >= 15 is 0 Å². The van der Waals surface area contributed by atoms with E-state index in [0.29, 0.717) is 23.8 Å². The highest BCUT2D eigenvalue weighted by atomic mass is 35.7. The maximum absolute atomic E-state index is 11.0. The number of benzene rings is 1. The van der Waals surface area contributed by atoms with Crippen molar-refractivity contribution in [3.05, 3.63) is 29.8 Å². The summed E-state index contributed by atoms with van der Waals surface area (Å²) in [6.45, 7) is 0.666. The van der Waals surface area contributed by atoms with Crippen LogP contribution in [-0.2, 0) is 14.8 Å². The van der Waals surface area contributed by atoms with E-state index in [1.807, 2.05) is 6.07 Å². The minimum atomic E-state index is -3.53. The van der Waals surface area contributed by atoms with Crippen LogP contribution in [0.1, 0.15) is 18.4 Å². The molecule has 2 rings (SSSR count). The Morgan fingerprint density at radius 3 is 2.62 bits per heavy atom. The fourth-order valence-corrected chi connectivity index (χ4v) is 2.40. The molecular weight excluding hydrogens is 248 g/mol. The molecule has 0 atom stereocenters. The molecule has 0 unspecified atom stereocenters. The van der Waals surface area contributed by atoms with Gasteiger partial charge in [0.1, 0.15) is 5.75 Å². The highest BCUT2D eigenvalue weighted by molar-refractivity contribution is 8.13. The van der Waals surface area contributed by atoms with E-state index in [1.54, 1.807) is 18.2 Å². The van der Waals surface area contributed by atoms with Crippen LogP contribution in [0.3, 0.4) is 0 Å². The standard InChI is InChI=1S/C11H13ClO3S/c12-16(13,14)8-10-3-1-2-4-11(10)15-7-9-5-6-9/h1-4,9H,5-8H2. The zero-order valence-corrected chi connectivity index (χ0v) is 10.3. The number of rotatable bonds is 5. The molecule has 1 saturated carbocycles. The van der Waals surface area contributed by atoms with E-state index in [2.05, 4.69) is 0 Å². The molecule has 1 aliphatic rings. The Kier molecular flexibility index (Phi) is 3.40. The molecule has 3 nitrogen and oxygen atoms in total. The summed E-state index contributed by atoms with van der Waals surface area (Å²) in [7, 11) is 1.70. The normalized spacial score (nSPS) is 16.1. The maximum Gasteiger partial charge on any atom is 0.236 e. The molecular formula is C11H13ClO3S. The summed E-state index contributed by atoms with van der Waals surface area (Å²) in [6.07, 6.45) is 2.41. The average Bonchev–Trinajstić information content (AvgIpc) is 2.98. The van der Waals surface area contributed by atoms with Gasteiger partial charge in [-0.1, -0.05) is 18.2 Å². The van der Waals surface area contributed by atoms with Crippen molar-refractivity contribution in [3.63, 3.8) is 0 Å². The first-order valence-corrected chi connectivity index (χ1v) is 7.65. The molecule has 5 heteroatoms. The largest absolute Gasteiger partial charge is 0.493 e. The minimum Gasteiger partial charge on any atom is -0.493 e. The lowest BCUT2D eigenvalue weighted by Gasteiger charge is -2.09. The van der Waals surface area contributed by atoms with Crippen LogP contribution in [0.2, 0.25) is 0 Å². The summed E-state index contributed by atoms with van der Waals surface area (Å²) >= 11 is 0. The molecule has 0 spiro atoms. The fraction of sp³-hybridized carbons (Fsp3) is 0.455. The van der Waals surface area contributed by atoms with Crippen molar-refractivity contribution in [2.24, 2.45) is 5.92 Å². The molecule has 0 aliphatic heterocycles. The van der Waals surface area contributed by atoms with Gasteiger partial charge in [0.05, 0.1) is 12.4 Å². The topological polar surface area (TPSA) is 43.4 Å². The highest BCUT2D eigenvalue weighted by Crippen LogP contribution is 2.30. The third kappa shape index (κ3) is 3.68. The van der Waals surface area contributed by atoms with Gasteiger partial charge in [0, 0.05) is 16.2 Å². The number of para-hydroxylation sites is 1. The average molecular weight is 261 g/mol. The second-order valence-electron chi connectivity index (χ2n) is 4.05. The third-order valence-corrected chi connectivity index (χ3v) is 3.46. The second-order valence-corrected chi connectivity index (χ2v) is 6.82. The molecule has 0 aromatic heterocycles. The van der Waals surface area contributed by atoms with Crippen LogP contribution < -0.4 is 4.74 Å². The second kappa shape index (κ2) is 4.63. The molecule has 0 amide bonds. The van der Waals surface area contributed by atoms with E-state index in [0.717, 1.165) is 0 Å². The van der Waals surface area contributed by atoms with Gasteiger partial charge in [0.2, 0.25) is 9.05 Å². The lowest BCUT2D eigenvalue weighted by atomic mass is 10.2. The van der Waals surface area contributed by atoms with Crippen LogP contribution in [-0.4, -0.2) is 15.0 Å². The van der Waals surface area contributed by atoms with Gasteiger partial charge in [0.25, 0.3) is 0 Å². The van der Waals surface area contributed by atoms with Crippen LogP contribution in [0.4, 0.5) is 0 Å². The van der Waals surface area contributed by atoms with Crippen LogP contribution >= 0.6 is 10.7 Å². The summed E-state index contributed by atoms with van der Waals surface area (Å²) < 4.78 is 27.6. The van der Waals surface area contributed by atoms with Crippen molar-refractivity contribution in [1.82, 2.24) is 0 Å². The van der Waals surface area contributed by atoms with Gasteiger partial charge in [-0.25, -0.2) is 8.42 Å². The first-order valence-electron chi connectivity index (χ1n) is 5.17. The van der Waals surface area contributed by atoms with Gasteiger partial charge in [-0.15, -0.1) is 0 Å². The Morgan fingerprint density at radius 2 is 2.00 bits per heavy atom. The molecule has 0 bridgehead atoms. The zero-order valence-electron chi connectivity index (χ0n) is 8.73. The van der Waals surface area contributed by atoms with Gasteiger partial charge in [-0.05, 0) is 24.8 Å². The molecule has 1 fully saturated rings. The number of hydrogen-bond donors (Lipinski definition) is 0. The zero-order chi connectivity index (χ0) is 11.6. The Labute approximate surface area is 99.8 Å². The summed E-state index contributed by atoms with van der Waals surface area (Å²) in [5.41, 5.74) is 0.623. The van der Waals surface area contributed by atoms with Crippen molar-refractivity contribution >= 4 is 19.7 Å². The first kappa shape index (κ1) is 11.7. The molecule has 88 valence electrons. The van der Waals surface area contributed by atoms with E-state index in [9.17, 15) is 8.42 Å². The SMILES string of the molecule is O=S(=O)(Cl)Cc1ccccc1OCC1CC1. The van der Waals surface area contributed by atoms with Gasteiger partial charge in [0.15, 0.2) is 0 Å². The monoisotopic (exact) mass is 260 g/mol. The quantitative estimate of drug-likeness (QED) is 0.764. The fourth-order valence-electron chi connectivity index (χ4n) is 1.44. The highest BCUT2D eigenvalue weighted by Gasteiger charge is 2.22. The summed E-state index contributed by atoms with van der Waals surface area (Å²) in [4.78, 5) is 0. The van der Waals surface area contributed by atoms with Gasteiger partial charge >= 0.3 is 0 Å². The first-order chi connectivity index (χ1) is 7.54. The predicted octanol–water partition coefficient (Wildman–Crippen LogP) is 2.54. The third-order valence-electron chi connectivity index (χ3n) is 2.47. The number of halogens is 1. The lowest BCUT2D eigenvalue weighted by Crippen LogP contribution is -2.03. The van der Waals surface area contributed by atoms with E-state index < -0.39 is 9.05 Å². The molecule has 0 radical (unpaired) electrons. The van der Waals surface area contributed by atoms with Crippen molar-refractivity contribution in [2.45, 2.75) is 18.6 Å². The van der Waals surface area contributed by atoms with Crippen LogP contribution in [0.25, 0.3) is 0 Å². The lowest BCUT2D eigenvalue weighted by molar-refractivity contribution is 0.297. The van der Waals surface area contributed by atoms with E-state index in [1.165, 1.54) is 12.8 Å². The van der Waals surface area contributed by atoms with Crippen LogP contribution in [0.15, 0.2) is 24.3 Å². The molecule has 1 aliphatic carbocycles. The van der Waals surface area contributed by atoms with E-state index in [-0.39, 0.29) is 5.75 Å². The Bertz CT molecular complexity index is 466. The Balaban J connectivity index is 2.09. The molecule has 1 aromatic carbocycles. The number of hydrogen-bond acceptors (Lipinski definition) is 3. The van der Waals surface area contributed by atoms with Crippen molar-refractivity contribution in [1.29, 1.82) is 0 Å². The molecule has 0 N–H and O–H groups in total. The van der Waals surface area contributed by atoms with Gasteiger partial charge < -0.3 is 4.74 Å². The van der Waals surface area contributed by atoms with Gasteiger partial charge in [-0.3, -0.25) is 0 Å². The van der Waals surface area contributed by atoms with Gasteiger partial charge in [-0.2, -0.15) is 0 Å². The summed E-state index contributed by atoms with van der Waals surface area (Å²) in [6, 6.07) is 7.11.